The van der Waals surface area contributed by atoms with Crippen LogP contribution in [0.1, 0.15) is 16.1 Å². The van der Waals surface area contributed by atoms with Crippen LogP contribution in [0.15, 0.2) is 57.7 Å². The standard InChI is InChI=1S/C19H12BrFN4O2/c1-10-17-14(18(26)24-16-7-4-12(20)9-22-16)8-15(23-19(17)27-25-10)11-2-5-13(21)6-3-11/h2-9H,1H3,(H,22,24,26). The highest BCUT2D eigenvalue weighted by Crippen LogP contribution is 2.27. The van der Waals surface area contributed by atoms with Crippen LogP contribution in [0.3, 0.4) is 0 Å². The van der Waals surface area contributed by atoms with Crippen molar-refractivity contribution in [3.63, 3.8) is 0 Å². The smallest absolute Gasteiger partial charge is 0.259 e. The zero-order valence-electron chi connectivity index (χ0n) is 14.0. The van der Waals surface area contributed by atoms with Gasteiger partial charge in [-0.05, 0) is 65.3 Å². The van der Waals surface area contributed by atoms with Crippen molar-refractivity contribution in [3.05, 3.63) is 70.2 Å². The van der Waals surface area contributed by atoms with Crippen molar-refractivity contribution in [3.8, 4) is 11.3 Å². The van der Waals surface area contributed by atoms with Crippen molar-refractivity contribution in [2.45, 2.75) is 6.92 Å². The van der Waals surface area contributed by atoms with E-state index in [2.05, 4.69) is 36.4 Å². The van der Waals surface area contributed by atoms with E-state index in [0.29, 0.717) is 33.7 Å². The van der Waals surface area contributed by atoms with Gasteiger partial charge < -0.3 is 9.84 Å². The van der Waals surface area contributed by atoms with Crippen molar-refractivity contribution in [1.82, 2.24) is 15.1 Å². The Kier molecular flexibility index (Phi) is 4.41. The zero-order valence-corrected chi connectivity index (χ0v) is 15.6. The van der Waals surface area contributed by atoms with Crippen molar-refractivity contribution in [2.24, 2.45) is 0 Å². The quantitative estimate of drug-likeness (QED) is 0.511. The maximum absolute atomic E-state index is 13.2. The van der Waals surface area contributed by atoms with Gasteiger partial charge in [0, 0.05) is 16.2 Å². The molecule has 4 rings (SSSR count). The molecule has 0 aliphatic heterocycles. The predicted octanol–water partition coefficient (Wildman–Crippen LogP) is 4.75. The fourth-order valence-corrected chi connectivity index (χ4v) is 2.91. The molecule has 0 bridgehead atoms. The van der Waals surface area contributed by atoms with Gasteiger partial charge in [-0.1, -0.05) is 5.16 Å². The lowest BCUT2D eigenvalue weighted by Gasteiger charge is -2.08. The number of fused-ring (bicyclic) bond motifs is 1. The summed E-state index contributed by atoms with van der Waals surface area (Å²) >= 11 is 3.30. The van der Waals surface area contributed by atoms with E-state index in [1.165, 1.54) is 12.1 Å². The van der Waals surface area contributed by atoms with Crippen LogP contribution in [-0.4, -0.2) is 21.0 Å². The summed E-state index contributed by atoms with van der Waals surface area (Å²) in [4.78, 5) is 21.4. The number of aromatic nitrogens is 3. The number of nitrogens with one attached hydrogen (secondary N) is 1. The number of carbonyl (C=O) groups excluding carboxylic acids is 1. The summed E-state index contributed by atoms with van der Waals surface area (Å²) in [6, 6.07) is 10.9. The molecule has 0 saturated heterocycles. The Morgan fingerprint density at radius 1 is 1.19 bits per heavy atom. The topological polar surface area (TPSA) is 80.9 Å². The molecule has 0 aliphatic carbocycles. The van der Waals surface area contributed by atoms with Crippen LogP contribution in [0.5, 0.6) is 0 Å². The highest BCUT2D eigenvalue weighted by atomic mass is 79.9. The molecule has 0 saturated carbocycles. The number of hydrogen-bond acceptors (Lipinski definition) is 5. The first-order chi connectivity index (χ1) is 13.0. The molecule has 0 unspecified atom stereocenters. The van der Waals surface area contributed by atoms with Crippen LogP contribution in [0.4, 0.5) is 10.2 Å². The average molecular weight is 427 g/mol. The van der Waals surface area contributed by atoms with Crippen LogP contribution in [-0.2, 0) is 0 Å². The predicted molar refractivity (Wildman–Crippen MR) is 102 cm³/mol. The third kappa shape index (κ3) is 3.43. The van der Waals surface area contributed by atoms with Gasteiger partial charge in [0.1, 0.15) is 11.6 Å². The number of nitrogens with zero attached hydrogens (tertiary/aromatic N) is 3. The highest BCUT2D eigenvalue weighted by Gasteiger charge is 2.19. The van der Waals surface area contributed by atoms with Gasteiger partial charge in [0.2, 0.25) is 0 Å². The highest BCUT2D eigenvalue weighted by molar-refractivity contribution is 9.10. The number of benzene rings is 1. The minimum atomic E-state index is -0.369. The molecular weight excluding hydrogens is 415 g/mol. The van der Waals surface area contributed by atoms with Gasteiger partial charge in [-0.25, -0.2) is 14.4 Å². The fourth-order valence-electron chi connectivity index (χ4n) is 2.68. The molecule has 27 heavy (non-hydrogen) atoms. The summed E-state index contributed by atoms with van der Waals surface area (Å²) in [7, 11) is 0. The molecule has 1 amide bonds. The van der Waals surface area contributed by atoms with Crippen LogP contribution < -0.4 is 5.32 Å². The summed E-state index contributed by atoms with van der Waals surface area (Å²) in [6.45, 7) is 1.74. The van der Waals surface area contributed by atoms with Crippen LogP contribution >= 0.6 is 15.9 Å². The molecule has 4 aromatic rings. The second-order valence-corrected chi connectivity index (χ2v) is 6.74. The first-order valence-electron chi connectivity index (χ1n) is 7.97. The number of rotatable bonds is 3. The van der Waals surface area contributed by atoms with E-state index in [1.807, 2.05) is 0 Å². The van der Waals surface area contributed by atoms with E-state index in [-0.39, 0.29) is 17.4 Å². The second-order valence-electron chi connectivity index (χ2n) is 5.83. The van der Waals surface area contributed by atoms with Gasteiger partial charge in [0.15, 0.2) is 0 Å². The molecule has 8 heteroatoms. The SMILES string of the molecule is Cc1noc2nc(-c3ccc(F)cc3)cc(C(=O)Nc3ccc(Br)cn3)c12. The molecule has 0 aliphatic rings. The lowest BCUT2D eigenvalue weighted by Crippen LogP contribution is -2.14. The van der Waals surface area contributed by atoms with E-state index in [9.17, 15) is 9.18 Å². The number of halogens is 2. The van der Waals surface area contributed by atoms with Gasteiger partial charge in [-0.3, -0.25) is 4.79 Å². The molecule has 3 aromatic heterocycles. The fraction of sp³-hybridized carbons (Fsp3) is 0.0526. The lowest BCUT2D eigenvalue weighted by atomic mass is 10.1. The molecule has 0 radical (unpaired) electrons. The first kappa shape index (κ1) is 17.3. The second kappa shape index (κ2) is 6.88. The first-order valence-corrected chi connectivity index (χ1v) is 8.76. The Balaban J connectivity index is 1.80. The third-order valence-electron chi connectivity index (χ3n) is 3.97. The maximum atomic E-state index is 13.2. The lowest BCUT2D eigenvalue weighted by molar-refractivity contribution is 0.102. The average Bonchev–Trinajstić information content (AvgIpc) is 3.04. The summed E-state index contributed by atoms with van der Waals surface area (Å²) < 4.78 is 19.3. The van der Waals surface area contributed by atoms with E-state index in [4.69, 9.17) is 4.52 Å². The van der Waals surface area contributed by atoms with Gasteiger partial charge in [-0.2, -0.15) is 0 Å². The van der Waals surface area contributed by atoms with E-state index >= 15 is 0 Å². The van der Waals surface area contributed by atoms with Crippen LogP contribution in [0, 0.1) is 12.7 Å². The summed E-state index contributed by atoms with van der Waals surface area (Å²) in [5.41, 5.74) is 2.28. The molecule has 6 nitrogen and oxygen atoms in total. The van der Waals surface area contributed by atoms with Crippen LogP contribution in [0.25, 0.3) is 22.4 Å². The molecule has 0 atom stereocenters. The van der Waals surface area contributed by atoms with Crippen molar-refractivity contribution < 1.29 is 13.7 Å². The van der Waals surface area contributed by atoms with E-state index in [0.717, 1.165) is 4.47 Å². The Hall–Kier alpha value is -3.13. The Bertz CT molecular complexity index is 1140. The monoisotopic (exact) mass is 426 g/mol. The maximum Gasteiger partial charge on any atom is 0.259 e. The number of pyridine rings is 2. The Morgan fingerprint density at radius 2 is 1.96 bits per heavy atom. The van der Waals surface area contributed by atoms with E-state index in [1.54, 1.807) is 43.5 Å². The molecule has 0 spiro atoms. The van der Waals surface area contributed by atoms with Gasteiger partial charge in [0.25, 0.3) is 11.6 Å². The number of aryl methyl sites for hydroxylation is 1. The summed E-state index contributed by atoms with van der Waals surface area (Å²) in [5.74, 6) is -0.313. The minimum Gasteiger partial charge on any atom is -0.335 e. The molecule has 1 N–H and O–H groups in total. The number of amides is 1. The minimum absolute atomic E-state index is 0.239. The Morgan fingerprint density at radius 3 is 2.67 bits per heavy atom. The number of hydrogen-bond donors (Lipinski definition) is 1. The normalized spacial score (nSPS) is 10.9. The molecule has 3 heterocycles. The van der Waals surface area contributed by atoms with Gasteiger partial charge >= 0.3 is 0 Å². The van der Waals surface area contributed by atoms with Gasteiger partial charge in [0.05, 0.1) is 22.3 Å². The number of carbonyl (C=O) groups is 1. The van der Waals surface area contributed by atoms with Crippen LogP contribution in [0.2, 0.25) is 0 Å². The summed E-state index contributed by atoms with van der Waals surface area (Å²) in [6.07, 6.45) is 1.59. The molecular formula is C19H12BrFN4O2. The van der Waals surface area contributed by atoms with Crippen molar-refractivity contribution >= 4 is 38.8 Å². The van der Waals surface area contributed by atoms with Crippen molar-refractivity contribution in [2.75, 3.05) is 5.32 Å². The molecule has 134 valence electrons. The third-order valence-corrected chi connectivity index (χ3v) is 4.44. The number of anilines is 1. The summed E-state index contributed by atoms with van der Waals surface area (Å²) in [5, 5.41) is 7.18. The van der Waals surface area contributed by atoms with E-state index < -0.39 is 0 Å². The molecule has 0 fully saturated rings. The Labute approximate surface area is 161 Å². The largest absolute Gasteiger partial charge is 0.335 e. The van der Waals surface area contributed by atoms with Gasteiger partial charge in [-0.15, -0.1) is 0 Å². The zero-order chi connectivity index (χ0) is 19.0. The molecule has 1 aromatic carbocycles. The van der Waals surface area contributed by atoms with Crippen molar-refractivity contribution in [1.29, 1.82) is 0 Å².